The van der Waals surface area contributed by atoms with Crippen LogP contribution < -0.4 is 5.32 Å². The van der Waals surface area contributed by atoms with Crippen molar-refractivity contribution in [3.63, 3.8) is 0 Å². The van der Waals surface area contributed by atoms with Gasteiger partial charge in [0.05, 0.1) is 5.56 Å². The standard InChI is InChI=1S/C16H12N4O/c1-20-10-12(9-17)14-8-13(2-3-15(14)20)19-16(21)11-4-6-18-7-5-11/h2-8,10H,1H3,(H,19,21). The first kappa shape index (κ1) is 12.9. The Labute approximate surface area is 121 Å². The number of rotatable bonds is 2. The quantitative estimate of drug-likeness (QED) is 0.782. The number of nitriles is 1. The van der Waals surface area contributed by atoms with Gasteiger partial charge >= 0.3 is 0 Å². The molecule has 0 aliphatic heterocycles. The number of fused-ring (bicyclic) bond motifs is 1. The Morgan fingerprint density at radius 2 is 2.05 bits per heavy atom. The number of carbonyl (C=O) groups is 1. The van der Waals surface area contributed by atoms with Crippen molar-refractivity contribution in [3.05, 3.63) is 60.0 Å². The fourth-order valence-corrected chi connectivity index (χ4v) is 2.27. The number of aromatic nitrogens is 2. The predicted octanol–water partition coefficient (Wildman–Crippen LogP) is 2.70. The summed E-state index contributed by atoms with van der Waals surface area (Å²) in [6.07, 6.45) is 4.92. The van der Waals surface area contributed by atoms with E-state index >= 15 is 0 Å². The van der Waals surface area contributed by atoms with Crippen LogP contribution in [0.25, 0.3) is 10.9 Å². The smallest absolute Gasteiger partial charge is 0.255 e. The number of nitrogens with zero attached hydrogens (tertiary/aromatic N) is 3. The molecule has 0 aliphatic rings. The van der Waals surface area contributed by atoms with Crippen molar-refractivity contribution in [1.82, 2.24) is 9.55 Å². The maximum Gasteiger partial charge on any atom is 0.255 e. The molecular weight excluding hydrogens is 264 g/mol. The zero-order valence-corrected chi connectivity index (χ0v) is 11.4. The zero-order chi connectivity index (χ0) is 14.8. The van der Waals surface area contributed by atoms with Gasteiger partial charge in [-0.2, -0.15) is 5.26 Å². The molecule has 1 N–H and O–H groups in total. The van der Waals surface area contributed by atoms with Gasteiger partial charge in [0.2, 0.25) is 0 Å². The van der Waals surface area contributed by atoms with E-state index < -0.39 is 0 Å². The number of nitrogens with one attached hydrogen (secondary N) is 1. The molecule has 0 unspecified atom stereocenters. The first-order chi connectivity index (χ1) is 10.2. The molecule has 3 aromatic rings. The summed E-state index contributed by atoms with van der Waals surface area (Å²) in [5.74, 6) is -0.203. The number of benzene rings is 1. The van der Waals surface area contributed by atoms with E-state index in [0.717, 1.165) is 10.9 Å². The highest BCUT2D eigenvalue weighted by Crippen LogP contribution is 2.24. The Balaban J connectivity index is 1.95. The molecule has 102 valence electrons. The van der Waals surface area contributed by atoms with Crippen molar-refractivity contribution in [1.29, 1.82) is 5.26 Å². The third-order valence-corrected chi connectivity index (χ3v) is 3.31. The highest BCUT2D eigenvalue weighted by atomic mass is 16.1. The maximum atomic E-state index is 12.1. The van der Waals surface area contributed by atoms with E-state index in [4.69, 9.17) is 5.26 Å². The van der Waals surface area contributed by atoms with Crippen LogP contribution in [0.1, 0.15) is 15.9 Å². The molecule has 21 heavy (non-hydrogen) atoms. The average molecular weight is 276 g/mol. The van der Waals surface area contributed by atoms with Crippen LogP contribution in [0, 0.1) is 11.3 Å². The first-order valence-corrected chi connectivity index (χ1v) is 6.39. The van der Waals surface area contributed by atoms with Gasteiger partial charge in [-0.3, -0.25) is 9.78 Å². The highest BCUT2D eigenvalue weighted by molar-refractivity contribution is 6.05. The molecule has 0 saturated carbocycles. The normalized spacial score (nSPS) is 10.3. The number of amides is 1. The van der Waals surface area contributed by atoms with E-state index in [2.05, 4.69) is 16.4 Å². The molecule has 2 heterocycles. The van der Waals surface area contributed by atoms with E-state index in [0.29, 0.717) is 16.8 Å². The van der Waals surface area contributed by atoms with E-state index in [1.165, 1.54) is 0 Å². The molecule has 5 heteroatoms. The summed E-state index contributed by atoms with van der Waals surface area (Å²) >= 11 is 0. The van der Waals surface area contributed by atoms with Crippen LogP contribution in [0.15, 0.2) is 48.9 Å². The molecule has 0 aliphatic carbocycles. The van der Waals surface area contributed by atoms with Crippen molar-refractivity contribution < 1.29 is 4.79 Å². The fraction of sp³-hybridized carbons (Fsp3) is 0.0625. The Morgan fingerprint density at radius 1 is 1.29 bits per heavy atom. The average Bonchev–Trinajstić information content (AvgIpc) is 2.84. The fourth-order valence-electron chi connectivity index (χ4n) is 2.27. The second-order valence-electron chi connectivity index (χ2n) is 4.69. The van der Waals surface area contributed by atoms with E-state index in [1.54, 1.807) is 30.7 Å². The topological polar surface area (TPSA) is 70.7 Å². The minimum absolute atomic E-state index is 0.203. The highest BCUT2D eigenvalue weighted by Gasteiger charge is 2.09. The molecule has 1 amide bonds. The maximum absolute atomic E-state index is 12.1. The summed E-state index contributed by atoms with van der Waals surface area (Å²) in [5, 5.41) is 12.8. The van der Waals surface area contributed by atoms with Crippen molar-refractivity contribution in [2.24, 2.45) is 7.05 Å². The summed E-state index contributed by atoms with van der Waals surface area (Å²) < 4.78 is 1.89. The van der Waals surface area contributed by atoms with Gasteiger partial charge in [0.25, 0.3) is 5.91 Å². The number of anilines is 1. The number of hydrogen-bond donors (Lipinski definition) is 1. The number of carbonyl (C=O) groups excluding carboxylic acids is 1. The summed E-state index contributed by atoms with van der Waals surface area (Å²) in [5.41, 5.74) is 2.74. The van der Waals surface area contributed by atoms with Crippen LogP contribution in [-0.4, -0.2) is 15.5 Å². The van der Waals surface area contributed by atoms with Crippen LogP contribution >= 0.6 is 0 Å². The molecule has 0 saturated heterocycles. The van der Waals surface area contributed by atoms with E-state index in [-0.39, 0.29) is 5.91 Å². The van der Waals surface area contributed by atoms with Crippen LogP contribution in [0.4, 0.5) is 5.69 Å². The molecule has 0 spiro atoms. The zero-order valence-electron chi connectivity index (χ0n) is 11.4. The van der Waals surface area contributed by atoms with Gasteiger partial charge in [0.1, 0.15) is 6.07 Å². The monoisotopic (exact) mass is 276 g/mol. The second kappa shape index (κ2) is 5.10. The van der Waals surface area contributed by atoms with Gasteiger partial charge in [-0.05, 0) is 30.3 Å². The molecule has 0 radical (unpaired) electrons. The predicted molar refractivity (Wildman–Crippen MR) is 79.8 cm³/mol. The summed E-state index contributed by atoms with van der Waals surface area (Å²) in [7, 11) is 1.89. The van der Waals surface area contributed by atoms with Crippen molar-refractivity contribution in [2.45, 2.75) is 0 Å². The van der Waals surface area contributed by atoms with Gasteiger partial charge in [-0.1, -0.05) is 0 Å². The molecule has 0 atom stereocenters. The lowest BCUT2D eigenvalue weighted by Gasteiger charge is -2.05. The van der Waals surface area contributed by atoms with Gasteiger partial charge in [0.15, 0.2) is 0 Å². The SMILES string of the molecule is Cn1cc(C#N)c2cc(NC(=O)c3ccncc3)ccc21. The van der Waals surface area contributed by atoms with Crippen LogP contribution in [-0.2, 0) is 7.05 Å². The Kier molecular flexibility index (Phi) is 3.13. The lowest BCUT2D eigenvalue weighted by atomic mass is 10.1. The Bertz CT molecular complexity index is 859. The summed E-state index contributed by atoms with van der Waals surface area (Å²) in [4.78, 5) is 16.0. The Morgan fingerprint density at radius 3 is 2.76 bits per heavy atom. The molecule has 3 rings (SSSR count). The summed E-state index contributed by atoms with van der Waals surface area (Å²) in [6.45, 7) is 0. The molecule has 0 bridgehead atoms. The van der Waals surface area contributed by atoms with Crippen LogP contribution in [0.3, 0.4) is 0 Å². The summed E-state index contributed by atoms with van der Waals surface area (Å²) in [6, 6.07) is 11.0. The largest absolute Gasteiger partial charge is 0.349 e. The number of aryl methyl sites for hydroxylation is 1. The molecular formula is C16H12N4O. The van der Waals surface area contributed by atoms with Gasteiger partial charge < -0.3 is 9.88 Å². The first-order valence-electron chi connectivity index (χ1n) is 6.39. The van der Waals surface area contributed by atoms with Gasteiger partial charge in [0, 0.05) is 47.8 Å². The molecule has 2 aromatic heterocycles. The van der Waals surface area contributed by atoms with Gasteiger partial charge in [-0.25, -0.2) is 0 Å². The Hall–Kier alpha value is -3.13. The minimum Gasteiger partial charge on any atom is -0.349 e. The van der Waals surface area contributed by atoms with Crippen LogP contribution in [0.2, 0.25) is 0 Å². The number of pyridine rings is 1. The van der Waals surface area contributed by atoms with Gasteiger partial charge in [-0.15, -0.1) is 0 Å². The third kappa shape index (κ3) is 2.35. The lowest BCUT2D eigenvalue weighted by molar-refractivity contribution is 0.102. The van der Waals surface area contributed by atoms with E-state index in [9.17, 15) is 4.79 Å². The number of hydrogen-bond acceptors (Lipinski definition) is 3. The van der Waals surface area contributed by atoms with E-state index in [1.807, 2.05) is 29.8 Å². The molecule has 0 fully saturated rings. The lowest BCUT2D eigenvalue weighted by Crippen LogP contribution is -2.11. The molecule has 1 aromatic carbocycles. The van der Waals surface area contributed by atoms with Crippen molar-refractivity contribution in [3.8, 4) is 6.07 Å². The molecule has 5 nitrogen and oxygen atoms in total. The second-order valence-corrected chi connectivity index (χ2v) is 4.69. The van der Waals surface area contributed by atoms with Crippen molar-refractivity contribution >= 4 is 22.5 Å². The van der Waals surface area contributed by atoms with Crippen molar-refractivity contribution in [2.75, 3.05) is 5.32 Å². The van der Waals surface area contributed by atoms with Crippen LogP contribution in [0.5, 0.6) is 0 Å². The minimum atomic E-state index is -0.203. The third-order valence-electron chi connectivity index (χ3n) is 3.31.